The van der Waals surface area contributed by atoms with Crippen LogP contribution in [0.3, 0.4) is 0 Å². The Balaban J connectivity index is 2.24. The van der Waals surface area contributed by atoms with Crippen molar-refractivity contribution in [3.8, 4) is 0 Å². The average Bonchev–Trinajstić information content (AvgIpc) is 2.46. The van der Waals surface area contributed by atoms with Crippen LogP contribution in [0.2, 0.25) is 0 Å². The second-order valence-electron chi connectivity index (χ2n) is 4.44. The van der Waals surface area contributed by atoms with E-state index in [1.165, 1.54) is 11.8 Å². The Kier molecular flexibility index (Phi) is 3.40. The highest BCUT2D eigenvalue weighted by Gasteiger charge is 2.14. The lowest BCUT2D eigenvalue weighted by molar-refractivity contribution is 0.613. The molecule has 0 bridgehead atoms. The second kappa shape index (κ2) is 5.21. The Hall–Kier alpha value is -1.94. The monoisotopic (exact) mass is 287 g/mol. The molecule has 1 nitrogen and oxygen atoms in total. The van der Waals surface area contributed by atoms with Crippen LogP contribution in [0, 0.1) is 18.6 Å². The maximum absolute atomic E-state index is 14.1. The topological polar surface area (TPSA) is 12.9 Å². The Bertz CT molecular complexity index is 772. The molecule has 0 unspecified atom stereocenters. The van der Waals surface area contributed by atoms with Crippen LogP contribution in [-0.2, 0) is 0 Å². The summed E-state index contributed by atoms with van der Waals surface area (Å²) in [5.74, 6) is -0.952. The molecule has 0 aliphatic heterocycles. The molecule has 0 spiro atoms. The van der Waals surface area contributed by atoms with E-state index in [1.807, 2.05) is 37.3 Å². The fraction of sp³-hybridized carbons (Fsp3) is 0.0625. The largest absolute Gasteiger partial charge is 0.253 e. The highest BCUT2D eigenvalue weighted by atomic mass is 32.2. The van der Waals surface area contributed by atoms with Crippen LogP contribution in [0.4, 0.5) is 8.78 Å². The number of fused-ring (bicyclic) bond motifs is 1. The average molecular weight is 287 g/mol. The number of aromatic nitrogens is 1. The van der Waals surface area contributed by atoms with Gasteiger partial charge in [-0.15, -0.1) is 0 Å². The van der Waals surface area contributed by atoms with E-state index in [4.69, 9.17) is 0 Å². The van der Waals surface area contributed by atoms with Crippen LogP contribution in [-0.4, -0.2) is 4.98 Å². The first-order valence-corrected chi connectivity index (χ1v) is 6.94. The number of rotatable bonds is 2. The fourth-order valence-electron chi connectivity index (χ4n) is 2.04. The predicted molar refractivity (Wildman–Crippen MR) is 77.0 cm³/mol. The first-order valence-electron chi connectivity index (χ1n) is 6.13. The van der Waals surface area contributed by atoms with Crippen LogP contribution in [0.25, 0.3) is 10.9 Å². The van der Waals surface area contributed by atoms with Crippen molar-refractivity contribution in [2.45, 2.75) is 16.7 Å². The molecular formula is C16H11F2NS. The van der Waals surface area contributed by atoms with Gasteiger partial charge < -0.3 is 0 Å². The summed E-state index contributed by atoms with van der Waals surface area (Å²) in [6.07, 6.45) is 1.58. The zero-order chi connectivity index (χ0) is 14.1. The first kappa shape index (κ1) is 13.1. The number of benzene rings is 2. The predicted octanol–water partition coefficient (Wildman–Crippen LogP) is 4.97. The number of hydrogen-bond donors (Lipinski definition) is 0. The summed E-state index contributed by atoms with van der Waals surface area (Å²) >= 11 is 1.42. The van der Waals surface area contributed by atoms with Gasteiger partial charge in [0.15, 0.2) is 0 Å². The van der Waals surface area contributed by atoms with Crippen LogP contribution in [0.15, 0.2) is 58.5 Å². The summed E-state index contributed by atoms with van der Waals surface area (Å²) < 4.78 is 27.9. The molecule has 0 saturated carbocycles. The van der Waals surface area contributed by atoms with Gasteiger partial charge >= 0.3 is 0 Å². The van der Waals surface area contributed by atoms with Gasteiger partial charge in [-0.05, 0) is 36.8 Å². The van der Waals surface area contributed by atoms with Crippen molar-refractivity contribution >= 4 is 22.7 Å². The third kappa shape index (κ3) is 2.27. The number of nitrogens with zero attached hydrogens (tertiary/aromatic N) is 1. The Morgan fingerprint density at radius 2 is 1.65 bits per heavy atom. The molecule has 3 aromatic rings. The van der Waals surface area contributed by atoms with Gasteiger partial charge in [0.05, 0.1) is 5.39 Å². The van der Waals surface area contributed by atoms with Crippen LogP contribution >= 0.6 is 11.8 Å². The van der Waals surface area contributed by atoms with E-state index in [0.29, 0.717) is 4.90 Å². The van der Waals surface area contributed by atoms with Gasteiger partial charge in [0.1, 0.15) is 17.2 Å². The molecule has 0 aliphatic rings. The van der Waals surface area contributed by atoms with Gasteiger partial charge in [-0.2, -0.15) is 0 Å². The van der Waals surface area contributed by atoms with Crippen LogP contribution in [0.1, 0.15) is 5.56 Å². The minimum atomic E-state index is -0.503. The van der Waals surface area contributed by atoms with Crippen molar-refractivity contribution in [3.05, 3.63) is 65.9 Å². The first-order chi connectivity index (χ1) is 9.66. The number of halogens is 2. The zero-order valence-electron chi connectivity index (χ0n) is 10.7. The lowest BCUT2D eigenvalue weighted by Gasteiger charge is -2.10. The van der Waals surface area contributed by atoms with Gasteiger partial charge in [0.25, 0.3) is 0 Å². The molecule has 4 heteroatoms. The molecule has 0 aliphatic carbocycles. The smallest absolute Gasteiger partial charge is 0.149 e. The Morgan fingerprint density at radius 1 is 0.950 bits per heavy atom. The van der Waals surface area contributed by atoms with Gasteiger partial charge in [-0.25, -0.2) is 8.78 Å². The second-order valence-corrected chi connectivity index (χ2v) is 5.52. The highest BCUT2D eigenvalue weighted by Crippen LogP contribution is 2.37. The van der Waals surface area contributed by atoms with Crippen molar-refractivity contribution in [1.29, 1.82) is 0 Å². The molecule has 1 heterocycles. The highest BCUT2D eigenvalue weighted by molar-refractivity contribution is 7.99. The zero-order valence-corrected chi connectivity index (χ0v) is 11.5. The standard InChI is InChI=1S/C16H11F2NS/c1-10-9-19-15-13(18)8-7-12(17)14(15)16(10)20-11-5-3-2-4-6-11/h2-9H,1H3. The SMILES string of the molecule is Cc1cnc2c(F)ccc(F)c2c1Sc1ccccc1. The van der Waals surface area contributed by atoms with Gasteiger partial charge in [-0.1, -0.05) is 30.0 Å². The van der Waals surface area contributed by atoms with E-state index in [1.54, 1.807) is 6.20 Å². The summed E-state index contributed by atoms with van der Waals surface area (Å²) in [4.78, 5) is 5.70. The molecule has 3 rings (SSSR count). The van der Waals surface area contributed by atoms with Crippen molar-refractivity contribution < 1.29 is 8.78 Å². The molecule has 0 N–H and O–H groups in total. The molecule has 20 heavy (non-hydrogen) atoms. The summed E-state index contributed by atoms with van der Waals surface area (Å²) in [5, 5.41) is 0.249. The molecule has 0 atom stereocenters. The van der Waals surface area contributed by atoms with Crippen LogP contribution in [0.5, 0.6) is 0 Å². The normalized spacial score (nSPS) is 10.9. The van der Waals surface area contributed by atoms with E-state index in [2.05, 4.69) is 4.98 Å². The maximum Gasteiger partial charge on any atom is 0.149 e. The lowest BCUT2D eigenvalue weighted by Crippen LogP contribution is -1.93. The minimum Gasteiger partial charge on any atom is -0.253 e. The van der Waals surface area contributed by atoms with E-state index in [0.717, 1.165) is 22.6 Å². The number of pyridine rings is 1. The summed E-state index contributed by atoms with van der Waals surface area (Å²) in [6.45, 7) is 1.85. The molecule has 0 amide bonds. The van der Waals surface area contributed by atoms with Crippen molar-refractivity contribution in [2.75, 3.05) is 0 Å². The summed E-state index contributed by atoms with van der Waals surface area (Å²) in [6, 6.07) is 11.9. The number of aryl methyl sites for hydroxylation is 1. The van der Waals surface area contributed by atoms with Gasteiger partial charge in [0.2, 0.25) is 0 Å². The Labute approximate surface area is 119 Å². The van der Waals surface area contributed by atoms with Crippen LogP contribution < -0.4 is 0 Å². The van der Waals surface area contributed by atoms with Crippen molar-refractivity contribution in [2.24, 2.45) is 0 Å². The summed E-state index contributed by atoms with van der Waals surface area (Å²) in [7, 11) is 0. The Morgan fingerprint density at radius 3 is 2.40 bits per heavy atom. The maximum atomic E-state index is 14.1. The van der Waals surface area contributed by atoms with Gasteiger partial charge in [0, 0.05) is 16.0 Å². The third-order valence-electron chi connectivity index (χ3n) is 3.01. The lowest BCUT2D eigenvalue weighted by atomic mass is 10.1. The van der Waals surface area contributed by atoms with E-state index in [-0.39, 0.29) is 10.9 Å². The van der Waals surface area contributed by atoms with E-state index in [9.17, 15) is 8.78 Å². The molecule has 0 saturated heterocycles. The van der Waals surface area contributed by atoms with E-state index >= 15 is 0 Å². The van der Waals surface area contributed by atoms with E-state index < -0.39 is 11.6 Å². The third-order valence-corrected chi connectivity index (χ3v) is 4.25. The molecule has 2 aromatic carbocycles. The molecular weight excluding hydrogens is 276 g/mol. The van der Waals surface area contributed by atoms with Gasteiger partial charge in [-0.3, -0.25) is 4.98 Å². The molecule has 0 radical (unpaired) electrons. The van der Waals surface area contributed by atoms with Crippen molar-refractivity contribution in [1.82, 2.24) is 4.98 Å². The molecule has 100 valence electrons. The summed E-state index contributed by atoms with van der Waals surface area (Å²) in [5.41, 5.74) is 0.907. The fourth-order valence-corrected chi connectivity index (χ4v) is 3.08. The molecule has 0 fully saturated rings. The quantitative estimate of drug-likeness (QED) is 0.660. The van der Waals surface area contributed by atoms with Crippen molar-refractivity contribution in [3.63, 3.8) is 0 Å². The molecule has 1 aromatic heterocycles. The number of hydrogen-bond acceptors (Lipinski definition) is 2. The minimum absolute atomic E-state index is 0.0778.